The molecule has 5 nitrogen and oxygen atoms in total. The van der Waals surface area contributed by atoms with Crippen molar-refractivity contribution in [2.24, 2.45) is 0 Å². The van der Waals surface area contributed by atoms with Gasteiger partial charge < -0.3 is 19.5 Å². The summed E-state index contributed by atoms with van der Waals surface area (Å²) in [6.07, 6.45) is 1.80. The molecule has 2 atom stereocenters. The van der Waals surface area contributed by atoms with Gasteiger partial charge in [0, 0.05) is 29.0 Å². The minimum atomic E-state index is -0.256. The van der Waals surface area contributed by atoms with Gasteiger partial charge in [0.25, 0.3) is 0 Å². The topological polar surface area (TPSA) is 42.3 Å². The molecule has 1 saturated heterocycles. The molecular weight excluding hydrogens is 519 g/mol. The van der Waals surface area contributed by atoms with E-state index in [1.807, 2.05) is 73.7 Å². The number of hydrogen-bond acceptors (Lipinski definition) is 3. The van der Waals surface area contributed by atoms with Crippen LogP contribution in [0, 0.1) is 26.6 Å². The minimum Gasteiger partial charge on any atom is -0.457 e. The molecule has 1 N–H and O–H groups in total. The van der Waals surface area contributed by atoms with Crippen LogP contribution in [-0.2, 0) is 0 Å². The summed E-state index contributed by atoms with van der Waals surface area (Å²) in [6, 6.07) is 30.4. The Balaban J connectivity index is 1.41. The van der Waals surface area contributed by atoms with E-state index in [9.17, 15) is 4.39 Å². The van der Waals surface area contributed by atoms with E-state index in [1.165, 1.54) is 12.1 Å². The summed E-state index contributed by atoms with van der Waals surface area (Å²) < 4.78 is 22.0. The molecule has 6 rings (SSSR count). The van der Waals surface area contributed by atoms with Crippen molar-refractivity contribution < 1.29 is 9.13 Å². The number of aryl methyl sites for hydroxylation is 2. The van der Waals surface area contributed by atoms with E-state index in [2.05, 4.69) is 39.7 Å². The van der Waals surface area contributed by atoms with Crippen LogP contribution in [0.2, 0.25) is 0 Å². The number of rotatable bonds is 6. The van der Waals surface area contributed by atoms with Crippen LogP contribution >= 0.6 is 12.2 Å². The molecule has 40 heavy (non-hydrogen) atoms. The van der Waals surface area contributed by atoms with E-state index in [0.29, 0.717) is 5.11 Å². The molecule has 0 aliphatic carbocycles. The van der Waals surface area contributed by atoms with Gasteiger partial charge in [0.1, 0.15) is 17.3 Å². The first-order valence-electron chi connectivity index (χ1n) is 13.2. The van der Waals surface area contributed by atoms with Crippen LogP contribution in [0.25, 0.3) is 5.69 Å². The first kappa shape index (κ1) is 25.8. The molecule has 3 heterocycles. The maximum atomic E-state index is 13.7. The van der Waals surface area contributed by atoms with Gasteiger partial charge in [-0.15, -0.1) is 0 Å². The Morgan fingerprint density at radius 3 is 2.25 bits per heavy atom. The third kappa shape index (κ3) is 4.73. The van der Waals surface area contributed by atoms with Crippen molar-refractivity contribution in [3.8, 4) is 17.2 Å². The van der Waals surface area contributed by atoms with Crippen LogP contribution in [0.5, 0.6) is 11.5 Å². The van der Waals surface area contributed by atoms with Gasteiger partial charge in [0.05, 0.1) is 17.8 Å². The average molecular weight is 549 g/mol. The summed E-state index contributed by atoms with van der Waals surface area (Å²) in [4.78, 5) is 6.83. The second-order valence-electron chi connectivity index (χ2n) is 10.00. The second-order valence-corrected chi connectivity index (χ2v) is 10.4. The van der Waals surface area contributed by atoms with Crippen molar-refractivity contribution in [3.05, 3.63) is 137 Å². The number of halogens is 1. The van der Waals surface area contributed by atoms with Gasteiger partial charge in [0.2, 0.25) is 0 Å². The van der Waals surface area contributed by atoms with Crippen LogP contribution < -0.4 is 15.0 Å². The highest BCUT2D eigenvalue weighted by Gasteiger charge is 2.42. The normalized spacial score (nSPS) is 16.7. The lowest BCUT2D eigenvalue weighted by Gasteiger charge is -2.28. The van der Waals surface area contributed by atoms with E-state index in [4.69, 9.17) is 17.0 Å². The van der Waals surface area contributed by atoms with Crippen LogP contribution in [0.15, 0.2) is 103 Å². The van der Waals surface area contributed by atoms with E-state index in [0.717, 1.165) is 51.1 Å². The maximum absolute atomic E-state index is 13.7. The molecule has 3 aromatic carbocycles. The molecule has 0 spiro atoms. The van der Waals surface area contributed by atoms with Gasteiger partial charge in [-0.25, -0.2) is 4.39 Å². The first-order chi connectivity index (χ1) is 19.4. The van der Waals surface area contributed by atoms with E-state index >= 15 is 0 Å². The molecule has 0 bridgehead atoms. The number of para-hydroxylation sites is 1. The fourth-order valence-corrected chi connectivity index (χ4v) is 5.84. The van der Waals surface area contributed by atoms with Gasteiger partial charge in [-0.1, -0.05) is 24.3 Å². The zero-order valence-electron chi connectivity index (χ0n) is 22.5. The van der Waals surface area contributed by atoms with Crippen LogP contribution in [0.4, 0.5) is 10.1 Å². The highest BCUT2D eigenvalue weighted by Crippen LogP contribution is 2.44. The smallest absolute Gasteiger partial charge is 0.174 e. The van der Waals surface area contributed by atoms with Crippen molar-refractivity contribution in [1.29, 1.82) is 0 Å². The molecule has 0 unspecified atom stereocenters. The number of pyridine rings is 1. The summed E-state index contributed by atoms with van der Waals surface area (Å²) >= 11 is 5.93. The number of hydrogen-bond donors (Lipinski definition) is 1. The molecule has 0 radical (unpaired) electrons. The lowest BCUT2D eigenvalue weighted by Crippen LogP contribution is -2.29. The molecule has 2 aromatic heterocycles. The van der Waals surface area contributed by atoms with Crippen molar-refractivity contribution in [2.75, 3.05) is 4.90 Å². The van der Waals surface area contributed by atoms with Gasteiger partial charge in [-0.2, -0.15) is 0 Å². The van der Waals surface area contributed by atoms with Crippen LogP contribution in [0.3, 0.4) is 0 Å². The summed E-state index contributed by atoms with van der Waals surface area (Å²) in [5, 5.41) is 4.16. The second kappa shape index (κ2) is 10.6. The SMILES string of the molecule is Cc1ccccc1Oc1ccc(N2C(=S)N[C@H](c3ccccn3)[C@@H]2c2cc(C)n(-c3ccc(F)cc3)c2C)cc1. The highest BCUT2D eigenvalue weighted by molar-refractivity contribution is 7.80. The van der Waals surface area contributed by atoms with Crippen molar-refractivity contribution in [3.63, 3.8) is 0 Å². The monoisotopic (exact) mass is 548 g/mol. The Morgan fingerprint density at radius 2 is 1.55 bits per heavy atom. The largest absolute Gasteiger partial charge is 0.457 e. The molecule has 1 fully saturated rings. The lowest BCUT2D eigenvalue weighted by molar-refractivity contribution is 0.479. The standard InChI is InChI=1S/C33H29FN4OS/c1-21-8-4-5-10-30(21)39-27-17-15-26(16-18-27)38-32(31(36-33(38)40)29-9-6-7-19-35-29)28-20-22(2)37(23(28)3)25-13-11-24(34)12-14-25/h4-20,31-32H,1-3H3,(H,36,40)/t31-,32+/m1/s1. The molecule has 7 heteroatoms. The Bertz CT molecular complexity index is 1670. The molecule has 1 aliphatic rings. The zero-order chi connectivity index (χ0) is 27.8. The number of benzene rings is 3. The van der Waals surface area contributed by atoms with E-state index in [-0.39, 0.29) is 17.9 Å². The van der Waals surface area contributed by atoms with Gasteiger partial charge in [-0.05, 0) is 117 Å². The van der Waals surface area contributed by atoms with Crippen molar-refractivity contribution in [2.45, 2.75) is 32.9 Å². The van der Waals surface area contributed by atoms with Gasteiger partial charge >= 0.3 is 0 Å². The third-order valence-corrected chi connectivity index (χ3v) is 7.72. The number of anilines is 1. The third-order valence-electron chi connectivity index (χ3n) is 7.41. The Hall–Kier alpha value is -4.49. The number of aromatic nitrogens is 2. The molecular formula is C33H29FN4OS. The fourth-order valence-electron chi connectivity index (χ4n) is 5.50. The fraction of sp³-hybridized carbons (Fsp3) is 0.152. The molecule has 1 aliphatic heterocycles. The maximum Gasteiger partial charge on any atom is 0.174 e. The van der Waals surface area contributed by atoms with E-state index < -0.39 is 0 Å². The van der Waals surface area contributed by atoms with Gasteiger partial charge in [-0.3, -0.25) is 4.98 Å². The summed E-state index contributed by atoms with van der Waals surface area (Å²) in [5.41, 5.74) is 7.07. The van der Waals surface area contributed by atoms with Crippen LogP contribution in [0.1, 0.15) is 40.3 Å². The predicted octanol–water partition coefficient (Wildman–Crippen LogP) is 7.91. The molecule has 0 saturated carbocycles. The number of nitrogens with one attached hydrogen (secondary N) is 1. The number of nitrogens with zero attached hydrogens (tertiary/aromatic N) is 3. The quantitative estimate of drug-likeness (QED) is 0.219. The summed E-state index contributed by atoms with van der Waals surface area (Å²) in [6.45, 7) is 6.20. The Kier molecular flexibility index (Phi) is 6.82. The minimum absolute atomic E-state index is 0.161. The number of ether oxygens (including phenoxy) is 1. The van der Waals surface area contributed by atoms with E-state index in [1.54, 1.807) is 18.3 Å². The van der Waals surface area contributed by atoms with Crippen molar-refractivity contribution >= 4 is 23.0 Å². The highest BCUT2D eigenvalue weighted by atomic mass is 32.1. The average Bonchev–Trinajstić information content (AvgIpc) is 3.46. The van der Waals surface area contributed by atoms with Crippen molar-refractivity contribution in [1.82, 2.24) is 14.9 Å². The van der Waals surface area contributed by atoms with Crippen LogP contribution in [-0.4, -0.2) is 14.7 Å². The predicted molar refractivity (Wildman–Crippen MR) is 161 cm³/mol. The number of thiocarbonyl (C=S) groups is 1. The Labute approximate surface area is 238 Å². The zero-order valence-corrected chi connectivity index (χ0v) is 23.3. The summed E-state index contributed by atoms with van der Waals surface area (Å²) in [5.74, 6) is 1.33. The molecule has 0 amide bonds. The Morgan fingerprint density at radius 1 is 0.850 bits per heavy atom. The molecule has 5 aromatic rings. The first-order valence-corrected chi connectivity index (χ1v) is 13.6. The molecule has 200 valence electrons. The summed E-state index contributed by atoms with van der Waals surface area (Å²) in [7, 11) is 0. The van der Waals surface area contributed by atoms with Gasteiger partial charge in [0.15, 0.2) is 5.11 Å². The lowest BCUT2D eigenvalue weighted by atomic mass is 9.96.